The summed E-state index contributed by atoms with van der Waals surface area (Å²) in [5.41, 5.74) is 0.954. The average molecular weight is 155 g/mol. The van der Waals surface area contributed by atoms with Crippen LogP contribution in [0.4, 0.5) is 17.3 Å². The van der Waals surface area contributed by atoms with Crippen LogP contribution in [0.3, 0.4) is 0 Å². The third-order valence-electron chi connectivity index (χ3n) is 1.50. The van der Waals surface area contributed by atoms with Gasteiger partial charge < -0.3 is 16.0 Å². The molecule has 1 rings (SSSR count). The molecule has 0 atom stereocenters. The number of aromatic amines is 1. The molecular formula is C6H13N5. The molecule has 11 heavy (non-hydrogen) atoms. The lowest BCUT2D eigenvalue weighted by atomic mass is 10.4. The first-order valence-corrected chi connectivity index (χ1v) is 3.45. The number of nitrogens with zero attached hydrogens (tertiary/aromatic N) is 1. The molecule has 1 aromatic rings. The third-order valence-corrected chi connectivity index (χ3v) is 1.50. The molecule has 0 spiro atoms. The van der Waals surface area contributed by atoms with Gasteiger partial charge in [-0.05, 0) is 0 Å². The Morgan fingerprint density at radius 2 is 1.82 bits per heavy atom. The first-order valence-electron chi connectivity index (χ1n) is 3.45. The van der Waals surface area contributed by atoms with Gasteiger partial charge in [0, 0.05) is 21.1 Å². The van der Waals surface area contributed by atoms with Crippen LogP contribution in [0, 0.1) is 0 Å². The van der Waals surface area contributed by atoms with Gasteiger partial charge in [-0.2, -0.15) is 5.10 Å². The highest BCUT2D eigenvalue weighted by molar-refractivity contribution is 5.77. The molecule has 0 saturated heterocycles. The van der Waals surface area contributed by atoms with Gasteiger partial charge in [0.2, 0.25) is 0 Å². The Balaban J connectivity index is 2.99. The number of hydrogen-bond acceptors (Lipinski definition) is 4. The van der Waals surface area contributed by atoms with Gasteiger partial charge in [-0.3, -0.25) is 5.10 Å². The van der Waals surface area contributed by atoms with E-state index in [9.17, 15) is 0 Å². The molecular weight excluding hydrogens is 142 g/mol. The highest BCUT2D eigenvalue weighted by Gasteiger charge is 2.07. The van der Waals surface area contributed by atoms with Gasteiger partial charge in [-0.15, -0.1) is 0 Å². The summed E-state index contributed by atoms with van der Waals surface area (Å²) in [6, 6.07) is 0. The van der Waals surface area contributed by atoms with Gasteiger partial charge in [0.15, 0.2) is 5.82 Å². The van der Waals surface area contributed by atoms with Crippen LogP contribution in [0.25, 0.3) is 0 Å². The molecule has 0 aliphatic carbocycles. The number of hydrogen-bond donors (Lipinski definition) is 4. The molecule has 5 heteroatoms. The second-order valence-electron chi connectivity index (χ2n) is 2.07. The van der Waals surface area contributed by atoms with Crippen molar-refractivity contribution in [3.05, 3.63) is 0 Å². The molecule has 0 radical (unpaired) electrons. The highest BCUT2D eigenvalue weighted by Crippen LogP contribution is 2.25. The molecule has 0 aromatic carbocycles. The lowest BCUT2D eigenvalue weighted by Crippen LogP contribution is -1.97. The van der Waals surface area contributed by atoms with Crippen LogP contribution in [0.5, 0.6) is 0 Å². The smallest absolute Gasteiger partial charge is 0.173 e. The topological polar surface area (TPSA) is 64.8 Å². The molecule has 0 fully saturated rings. The van der Waals surface area contributed by atoms with Gasteiger partial charge in [0.25, 0.3) is 0 Å². The monoisotopic (exact) mass is 155 g/mol. The van der Waals surface area contributed by atoms with Crippen molar-refractivity contribution < 1.29 is 0 Å². The Kier molecular flexibility index (Phi) is 2.20. The third kappa shape index (κ3) is 1.21. The molecule has 0 bridgehead atoms. The van der Waals surface area contributed by atoms with Crippen molar-refractivity contribution in [2.45, 2.75) is 0 Å². The van der Waals surface area contributed by atoms with E-state index in [1.165, 1.54) is 0 Å². The zero-order valence-electron chi connectivity index (χ0n) is 6.95. The van der Waals surface area contributed by atoms with E-state index in [4.69, 9.17) is 0 Å². The van der Waals surface area contributed by atoms with Crippen LogP contribution in [-0.4, -0.2) is 31.3 Å². The zero-order chi connectivity index (χ0) is 8.27. The number of anilines is 3. The molecule has 0 unspecified atom stereocenters. The Hall–Kier alpha value is -1.39. The Labute approximate surface area is 65.6 Å². The molecule has 0 aliphatic rings. The van der Waals surface area contributed by atoms with Gasteiger partial charge in [0.05, 0.1) is 0 Å². The standard InChI is InChI=1S/C6H13N5/c1-7-4-5(8-2)10-11-6(4)9-3/h7H,1-3H3,(H3,8,9,10,11). The van der Waals surface area contributed by atoms with Crippen molar-refractivity contribution in [3.8, 4) is 0 Å². The fraction of sp³-hybridized carbons (Fsp3) is 0.500. The predicted octanol–water partition coefficient (Wildman–Crippen LogP) is 0.535. The van der Waals surface area contributed by atoms with Crippen molar-refractivity contribution in [2.75, 3.05) is 37.1 Å². The molecule has 0 saturated carbocycles. The van der Waals surface area contributed by atoms with Crippen LogP contribution in [-0.2, 0) is 0 Å². The maximum absolute atomic E-state index is 4.02. The molecule has 5 nitrogen and oxygen atoms in total. The Bertz CT molecular complexity index is 207. The van der Waals surface area contributed by atoms with Crippen LogP contribution in [0.15, 0.2) is 0 Å². The predicted molar refractivity (Wildman–Crippen MR) is 47.2 cm³/mol. The maximum atomic E-state index is 4.02. The minimum atomic E-state index is 0.817. The minimum absolute atomic E-state index is 0.817. The van der Waals surface area contributed by atoms with E-state index in [0.29, 0.717) is 0 Å². The SMILES string of the molecule is CNc1n[nH]c(NC)c1NC. The van der Waals surface area contributed by atoms with Crippen molar-refractivity contribution in [1.29, 1.82) is 0 Å². The first-order chi connectivity index (χ1) is 5.33. The summed E-state index contributed by atoms with van der Waals surface area (Å²) in [4.78, 5) is 0. The van der Waals surface area contributed by atoms with Crippen molar-refractivity contribution in [3.63, 3.8) is 0 Å². The summed E-state index contributed by atoms with van der Waals surface area (Å²) in [5, 5.41) is 15.8. The average Bonchev–Trinajstić information content (AvgIpc) is 2.45. The highest BCUT2D eigenvalue weighted by atomic mass is 15.3. The quantitative estimate of drug-likeness (QED) is 0.514. The summed E-state index contributed by atoms with van der Waals surface area (Å²) < 4.78 is 0. The molecule has 62 valence electrons. The van der Waals surface area contributed by atoms with E-state index in [1.807, 2.05) is 21.1 Å². The summed E-state index contributed by atoms with van der Waals surface area (Å²) in [6.07, 6.45) is 0. The fourth-order valence-corrected chi connectivity index (χ4v) is 0.947. The number of aromatic nitrogens is 2. The van der Waals surface area contributed by atoms with Gasteiger partial charge in [-0.1, -0.05) is 0 Å². The normalized spacial score (nSPS) is 9.36. The summed E-state index contributed by atoms with van der Waals surface area (Å²) >= 11 is 0. The number of H-pyrrole nitrogens is 1. The number of nitrogens with one attached hydrogen (secondary N) is 4. The summed E-state index contributed by atoms with van der Waals surface area (Å²) in [6.45, 7) is 0. The van der Waals surface area contributed by atoms with E-state index in [1.54, 1.807) is 0 Å². The van der Waals surface area contributed by atoms with Gasteiger partial charge in [-0.25, -0.2) is 0 Å². The van der Waals surface area contributed by atoms with Crippen molar-refractivity contribution in [1.82, 2.24) is 10.2 Å². The van der Waals surface area contributed by atoms with E-state index < -0.39 is 0 Å². The van der Waals surface area contributed by atoms with Crippen LogP contribution in [0.1, 0.15) is 0 Å². The summed E-state index contributed by atoms with van der Waals surface area (Å²) in [5.74, 6) is 1.70. The van der Waals surface area contributed by atoms with E-state index in [-0.39, 0.29) is 0 Å². The maximum Gasteiger partial charge on any atom is 0.173 e. The van der Waals surface area contributed by atoms with Gasteiger partial charge in [0.1, 0.15) is 11.5 Å². The fourth-order valence-electron chi connectivity index (χ4n) is 0.947. The Morgan fingerprint density at radius 3 is 2.27 bits per heavy atom. The molecule has 4 N–H and O–H groups in total. The number of rotatable bonds is 3. The van der Waals surface area contributed by atoms with Crippen LogP contribution >= 0.6 is 0 Å². The second kappa shape index (κ2) is 3.14. The summed E-state index contributed by atoms with van der Waals surface area (Å²) in [7, 11) is 5.52. The van der Waals surface area contributed by atoms with E-state index in [2.05, 4.69) is 26.1 Å². The first kappa shape index (κ1) is 7.71. The lowest BCUT2D eigenvalue weighted by molar-refractivity contribution is 1.09. The second-order valence-corrected chi connectivity index (χ2v) is 2.07. The largest absolute Gasteiger partial charge is 0.382 e. The van der Waals surface area contributed by atoms with E-state index >= 15 is 0 Å². The molecule has 0 amide bonds. The Morgan fingerprint density at radius 1 is 1.09 bits per heavy atom. The van der Waals surface area contributed by atoms with Crippen LogP contribution < -0.4 is 16.0 Å². The molecule has 1 heterocycles. The van der Waals surface area contributed by atoms with Crippen molar-refractivity contribution >= 4 is 17.3 Å². The van der Waals surface area contributed by atoms with Crippen LogP contribution in [0.2, 0.25) is 0 Å². The van der Waals surface area contributed by atoms with E-state index in [0.717, 1.165) is 17.3 Å². The molecule has 0 aliphatic heterocycles. The molecule has 1 aromatic heterocycles. The lowest BCUT2D eigenvalue weighted by Gasteiger charge is -2.02. The zero-order valence-corrected chi connectivity index (χ0v) is 6.95. The van der Waals surface area contributed by atoms with Crippen molar-refractivity contribution in [2.24, 2.45) is 0 Å². The van der Waals surface area contributed by atoms with Gasteiger partial charge >= 0.3 is 0 Å². The minimum Gasteiger partial charge on any atom is -0.382 e.